The van der Waals surface area contributed by atoms with Crippen LogP contribution in [0.2, 0.25) is 0 Å². The Labute approximate surface area is 138 Å². The predicted octanol–water partition coefficient (Wildman–Crippen LogP) is 2.50. The van der Waals surface area contributed by atoms with Gasteiger partial charge in [-0.2, -0.15) is 0 Å². The van der Waals surface area contributed by atoms with Crippen molar-refractivity contribution < 1.29 is 9.53 Å². The molecule has 0 bridgehead atoms. The van der Waals surface area contributed by atoms with Gasteiger partial charge in [-0.15, -0.1) is 0 Å². The maximum absolute atomic E-state index is 12.6. The fourth-order valence-corrected chi connectivity index (χ4v) is 3.85. The summed E-state index contributed by atoms with van der Waals surface area (Å²) in [6, 6.07) is 0.196. The van der Waals surface area contributed by atoms with Crippen LogP contribution in [0.15, 0.2) is 12.4 Å². The van der Waals surface area contributed by atoms with Crippen molar-refractivity contribution in [1.82, 2.24) is 20.2 Å². The van der Waals surface area contributed by atoms with Crippen molar-refractivity contribution in [2.75, 3.05) is 20.2 Å². The monoisotopic (exact) mass is 320 g/mol. The summed E-state index contributed by atoms with van der Waals surface area (Å²) in [5.41, 5.74) is -0.225. The number of aromatic amines is 1. The van der Waals surface area contributed by atoms with Gasteiger partial charge in [0.15, 0.2) is 0 Å². The third-order valence-electron chi connectivity index (χ3n) is 6.19. The summed E-state index contributed by atoms with van der Waals surface area (Å²) in [6.45, 7) is 7.98. The van der Waals surface area contributed by atoms with E-state index in [0.29, 0.717) is 5.92 Å². The Morgan fingerprint density at radius 3 is 2.87 bits per heavy atom. The number of hydrogen-bond donors (Lipinski definition) is 2. The van der Waals surface area contributed by atoms with Crippen molar-refractivity contribution in [3.05, 3.63) is 18.2 Å². The Hall–Kier alpha value is -1.56. The highest BCUT2D eigenvalue weighted by molar-refractivity contribution is 5.75. The zero-order chi connectivity index (χ0) is 16.7. The van der Waals surface area contributed by atoms with E-state index in [9.17, 15) is 4.79 Å². The van der Waals surface area contributed by atoms with E-state index in [1.807, 2.05) is 11.1 Å². The molecule has 1 aliphatic carbocycles. The van der Waals surface area contributed by atoms with Crippen molar-refractivity contribution in [3.8, 4) is 0 Å². The summed E-state index contributed by atoms with van der Waals surface area (Å²) in [5.74, 6) is 1.29. The third kappa shape index (κ3) is 2.73. The van der Waals surface area contributed by atoms with Gasteiger partial charge in [0.2, 0.25) is 0 Å². The number of carbonyl (C=O) groups excluding carboxylic acids is 1. The lowest BCUT2D eigenvalue weighted by molar-refractivity contribution is -0.177. The predicted molar refractivity (Wildman–Crippen MR) is 88.3 cm³/mol. The minimum Gasteiger partial charge on any atom is -0.378 e. The fraction of sp³-hybridized carbons (Fsp3) is 0.765. The standard InChI is InChI=1S/C17H28N4O2/c1-16(2)13(10-17(16,3)23-4)20-15(22)21-9-5-6-12(11-21)14-18-7-8-19-14/h7-8,12-13H,5-6,9-11H2,1-4H3,(H,18,19)(H,20,22). The SMILES string of the molecule is COC1(C)CC(NC(=O)N2CCCC(c3ncc[nH]3)C2)C1(C)C. The summed E-state index contributed by atoms with van der Waals surface area (Å²) >= 11 is 0. The van der Waals surface area contributed by atoms with E-state index in [2.05, 4.69) is 36.1 Å². The van der Waals surface area contributed by atoms with Crippen LogP contribution in [0.4, 0.5) is 4.79 Å². The van der Waals surface area contributed by atoms with Crippen molar-refractivity contribution in [2.24, 2.45) is 5.41 Å². The number of aromatic nitrogens is 2. The molecular weight excluding hydrogens is 292 g/mol. The molecular formula is C17H28N4O2. The summed E-state index contributed by atoms with van der Waals surface area (Å²) in [7, 11) is 1.75. The van der Waals surface area contributed by atoms with E-state index in [4.69, 9.17) is 4.74 Å². The van der Waals surface area contributed by atoms with E-state index in [1.54, 1.807) is 13.3 Å². The molecule has 1 aromatic rings. The number of hydrogen-bond acceptors (Lipinski definition) is 3. The van der Waals surface area contributed by atoms with Crippen molar-refractivity contribution >= 4 is 6.03 Å². The Balaban J connectivity index is 1.59. The third-order valence-corrected chi connectivity index (χ3v) is 6.19. The Kier molecular flexibility index (Phi) is 4.12. The topological polar surface area (TPSA) is 70.2 Å². The molecule has 2 heterocycles. The van der Waals surface area contributed by atoms with Gasteiger partial charge in [0.1, 0.15) is 5.82 Å². The maximum Gasteiger partial charge on any atom is 0.317 e. The van der Waals surface area contributed by atoms with Gasteiger partial charge < -0.3 is 19.9 Å². The highest BCUT2D eigenvalue weighted by atomic mass is 16.5. The van der Waals surface area contributed by atoms with Gasteiger partial charge in [-0.1, -0.05) is 13.8 Å². The van der Waals surface area contributed by atoms with Crippen LogP contribution in [-0.4, -0.2) is 52.7 Å². The van der Waals surface area contributed by atoms with Crippen LogP contribution in [0, 0.1) is 5.41 Å². The number of amides is 2. The number of methoxy groups -OCH3 is 1. The minimum atomic E-state index is -0.163. The number of nitrogens with one attached hydrogen (secondary N) is 2. The zero-order valence-electron chi connectivity index (χ0n) is 14.6. The molecule has 1 saturated heterocycles. The van der Waals surface area contributed by atoms with Crippen molar-refractivity contribution in [3.63, 3.8) is 0 Å². The van der Waals surface area contributed by atoms with Crippen LogP contribution < -0.4 is 5.32 Å². The first-order chi connectivity index (χ1) is 10.9. The molecule has 0 aromatic carbocycles. The van der Waals surface area contributed by atoms with Crippen molar-refractivity contribution in [2.45, 2.75) is 57.6 Å². The highest BCUT2D eigenvalue weighted by Crippen LogP contribution is 2.51. The molecule has 2 amide bonds. The average Bonchev–Trinajstić information content (AvgIpc) is 3.08. The van der Waals surface area contributed by atoms with Gasteiger partial charge in [0.05, 0.1) is 5.60 Å². The molecule has 3 atom stereocenters. The lowest BCUT2D eigenvalue weighted by Crippen LogP contribution is -2.69. The Morgan fingerprint density at radius 2 is 2.26 bits per heavy atom. The summed E-state index contributed by atoms with van der Waals surface area (Å²) in [5, 5.41) is 3.21. The molecule has 1 saturated carbocycles. The van der Waals surface area contributed by atoms with Gasteiger partial charge in [-0.3, -0.25) is 0 Å². The molecule has 6 nitrogen and oxygen atoms in total. The molecule has 2 fully saturated rings. The number of urea groups is 1. The van der Waals surface area contributed by atoms with Crippen LogP contribution in [0.1, 0.15) is 51.8 Å². The maximum atomic E-state index is 12.6. The average molecular weight is 320 g/mol. The van der Waals surface area contributed by atoms with Gasteiger partial charge in [-0.25, -0.2) is 9.78 Å². The lowest BCUT2D eigenvalue weighted by atomic mass is 9.56. The molecule has 0 radical (unpaired) electrons. The molecule has 0 spiro atoms. The first kappa shape index (κ1) is 16.3. The first-order valence-electron chi connectivity index (χ1n) is 8.47. The van der Waals surface area contributed by atoms with E-state index >= 15 is 0 Å². The van der Waals surface area contributed by atoms with Crippen LogP contribution in [0.25, 0.3) is 0 Å². The van der Waals surface area contributed by atoms with Crippen LogP contribution in [0.3, 0.4) is 0 Å². The Bertz CT molecular complexity index is 557. The van der Waals surface area contributed by atoms with Crippen LogP contribution in [-0.2, 0) is 4.74 Å². The second-order valence-corrected chi connectivity index (χ2v) is 7.62. The smallest absolute Gasteiger partial charge is 0.317 e. The summed E-state index contributed by atoms with van der Waals surface area (Å²) in [6.07, 6.45) is 6.57. The van der Waals surface area contributed by atoms with Crippen LogP contribution in [0.5, 0.6) is 0 Å². The second-order valence-electron chi connectivity index (χ2n) is 7.62. The molecule has 3 rings (SSSR count). The number of H-pyrrole nitrogens is 1. The lowest BCUT2D eigenvalue weighted by Gasteiger charge is -2.59. The van der Waals surface area contributed by atoms with E-state index in [0.717, 1.165) is 38.2 Å². The molecule has 6 heteroatoms. The molecule has 2 N–H and O–H groups in total. The summed E-state index contributed by atoms with van der Waals surface area (Å²) < 4.78 is 5.63. The first-order valence-corrected chi connectivity index (χ1v) is 8.47. The number of imidazole rings is 1. The minimum absolute atomic E-state index is 0.0393. The number of nitrogens with zero attached hydrogens (tertiary/aromatic N) is 2. The number of rotatable bonds is 3. The molecule has 1 aliphatic heterocycles. The molecule has 23 heavy (non-hydrogen) atoms. The fourth-order valence-electron chi connectivity index (χ4n) is 3.85. The number of likely N-dealkylation sites (tertiary alicyclic amines) is 1. The van der Waals surface area contributed by atoms with Gasteiger partial charge in [0, 0.05) is 50.0 Å². The molecule has 3 unspecified atom stereocenters. The molecule has 128 valence electrons. The van der Waals surface area contributed by atoms with Crippen LogP contribution >= 0.6 is 0 Å². The number of piperidine rings is 1. The summed E-state index contributed by atoms with van der Waals surface area (Å²) in [4.78, 5) is 22.1. The quantitative estimate of drug-likeness (QED) is 0.899. The van der Waals surface area contributed by atoms with E-state index in [-0.39, 0.29) is 23.1 Å². The van der Waals surface area contributed by atoms with Crippen molar-refractivity contribution in [1.29, 1.82) is 0 Å². The number of carbonyl (C=O) groups is 1. The Morgan fingerprint density at radius 1 is 1.48 bits per heavy atom. The molecule has 2 aliphatic rings. The largest absolute Gasteiger partial charge is 0.378 e. The van der Waals surface area contributed by atoms with E-state index in [1.165, 1.54) is 0 Å². The van der Waals surface area contributed by atoms with Gasteiger partial charge in [0.25, 0.3) is 0 Å². The van der Waals surface area contributed by atoms with E-state index < -0.39 is 0 Å². The van der Waals surface area contributed by atoms with Gasteiger partial charge in [-0.05, 0) is 26.2 Å². The normalized spacial score (nSPS) is 33.1. The highest BCUT2D eigenvalue weighted by Gasteiger charge is 2.58. The molecule has 1 aromatic heterocycles. The number of ether oxygens (including phenoxy) is 1. The van der Waals surface area contributed by atoms with Gasteiger partial charge >= 0.3 is 6.03 Å². The zero-order valence-corrected chi connectivity index (χ0v) is 14.6. The second kappa shape index (κ2) is 5.82.